The summed E-state index contributed by atoms with van der Waals surface area (Å²) in [6.07, 6.45) is 3.87. The Balaban J connectivity index is 1.25. The van der Waals surface area contributed by atoms with Crippen LogP contribution in [-0.2, 0) is 0 Å². The second kappa shape index (κ2) is 6.84. The van der Waals surface area contributed by atoms with E-state index in [1.165, 1.54) is 0 Å². The van der Waals surface area contributed by atoms with Crippen molar-refractivity contribution in [2.24, 2.45) is 0 Å². The summed E-state index contributed by atoms with van der Waals surface area (Å²) in [5, 5.41) is 9.59. The fraction of sp³-hybridized carbons (Fsp3) is 0.190. The van der Waals surface area contributed by atoms with Gasteiger partial charge in [0.1, 0.15) is 5.58 Å². The molecule has 1 amide bonds. The van der Waals surface area contributed by atoms with Gasteiger partial charge in [0.2, 0.25) is 0 Å². The Morgan fingerprint density at radius 3 is 2.29 bits per heavy atom. The quantitative estimate of drug-likeness (QED) is 0.552. The van der Waals surface area contributed by atoms with Crippen LogP contribution < -0.4 is 4.90 Å². The smallest absolute Gasteiger partial charge is 0.289 e. The van der Waals surface area contributed by atoms with E-state index in [2.05, 4.69) is 15.1 Å². The Hall–Kier alpha value is -3.61. The number of carbonyl (C=O) groups is 1. The van der Waals surface area contributed by atoms with E-state index in [0.29, 0.717) is 31.9 Å². The molecule has 0 bridgehead atoms. The SMILES string of the molecule is O=C(c1cc2ccccc2o1)N1CCN(c2ccc(-n3cccc3)nn2)CC1. The maximum absolute atomic E-state index is 12.8. The van der Waals surface area contributed by atoms with Gasteiger partial charge in [0.05, 0.1) is 0 Å². The summed E-state index contributed by atoms with van der Waals surface area (Å²) in [4.78, 5) is 16.7. The monoisotopic (exact) mass is 373 g/mol. The third-order valence-corrected chi connectivity index (χ3v) is 5.03. The molecule has 0 spiro atoms. The van der Waals surface area contributed by atoms with E-state index in [0.717, 1.165) is 22.6 Å². The summed E-state index contributed by atoms with van der Waals surface area (Å²) in [6.45, 7) is 2.67. The van der Waals surface area contributed by atoms with Crippen LogP contribution >= 0.6 is 0 Å². The van der Waals surface area contributed by atoms with Crippen LogP contribution in [0.3, 0.4) is 0 Å². The molecule has 1 aliphatic heterocycles. The number of aromatic nitrogens is 3. The lowest BCUT2D eigenvalue weighted by Gasteiger charge is -2.34. The molecule has 1 saturated heterocycles. The normalized spacial score (nSPS) is 14.6. The van der Waals surface area contributed by atoms with Crippen LogP contribution in [0, 0.1) is 0 Å². The van der Waals surface area contributed by atoms with Crippen molar-refractivity contribution < 1.29 is 9.21 Å². The highest BCUT2D eigenvalue weighted by Crippen LogP contribution is 2.21. The second-order valence-electron chi connectivity index (χ2n) is 6.77. The lowest BCUT2D eigenvalue weighted by atomic mass is 10.2. The van der Waals surface area contributed by atoms with Crippen LogP contribution in [0.4, 0.5) is 5.82 Å². The highest BCUT2D eigenvalue weighted by molar-refractivity contribution is 5.96. The van der Waals surface area contributed by atoms with E-state index >= 15 is 0 Å². The van der Waals surface area contributed by atoms with Gasteiger partial charge in [-0.1, -0.05) is 18.2 Å². The molecule has 0 aliphatic carbocycles. The van der Waals surface area contributed by atoms with Gasteiger partial charge in [-0.05, 0) is 36.4 Å². The zero-order chi connectivity index (χ0) is 18.9. The maximum atomic E-state index is 12.8. The Bertz CT molecular complexity index is 1060. The summed E-state index contributed by atoms with van der Waals surface area (Å²) < 4.78 is 7.63. The molecule has 3 aromatic heterocycles. The highest BCUT2D eigenvalue weighted by atomic mass is 16.3. The van der Waals surface area contributed by atoms with Crippen molar-refractivity contribution >= 4 is 22.7 Å². The molecule has 4 heterocycles. The van der Waals surface area contributed by atoms with Gasteiger partial charge in [-0.3, -0.25) is 4.79 Å². The topological polar surface area (TPSA) is 67.4 Å². The number of carbonyl (C=O) groups excluding carboxylic acids is 1. The first-order valence-electron chi connectivity index (χ1n) is 9.28. The molecule has 1 aromatic carbocycles. The van der Waals surface area contributed by atoms with E-state index in [4.69, 9.17) is 4.42 Å². The van der Waals surface area contributed by atoms with Crippen LogP contribution in [0.25, 0.3) is 16.8 Å². The molecule has 5 rings (SSSR count). The fourth-order valence-electron chi connectivity index (χ4n) is 3.49. The van der Waals surface area contributed by atoms with Crippen LogP contribution in [0.1, 0.15) is 10.6 Å². The zero-order valence-electron chi connectivity index (χ0n) is 15.2. The van der Waals surface area contributed by atoms with Crippen molar-refractivity contribution in [3.63, 3.8) is 0 Å². The van der Waals surface area contributed by atoms with Crippen molar-refractivity contribution in [3.05, 3.63) is 72.8 Å². The molecule has 0 atom stereocenters. The van der Waals surface area contributed by atoms with E-state index in [1.807, 2.05) is 76.5 Å². The molecule has 7 nitrogen and oxygen atoms in total. The van der Waals surface area contributed by atoms with Gasteiger partial charge in [-0.15, -0.1) is 10.2 Å². The van der Waals surface area contributed by atoms with Gasteiger partial charge in [0, 0.05) is 44.0 Å². The predicted molar refractivity (Wildman–Crippen MR) is 106 cm³/mol. The first-order chi connectivity index (χ1) is 13.8. The third-order valence-electron chi connectivity index (χ3n) is 5.03. The number of fused-ring (bicyclic) bond motifs is 1. The Labute approximate surface area is 161 Å². The number of amides is 1. The van der Waals surface area contributed by atoms with Crippen molar-refractivity contribution in [2.45, 2.75) is 0 Å². The standard InChI is InChI=1S/C21H19N5O2/c27-21(18-15-16-5-1-2-6-17(16)28-18)26-13-11-25(12-14-26)20-8-7-19(22-23-20)24-9-3-4-10-24/h1-10,15H,11-14H2. The Kier molecular flexibility index (Phi) is 4.05. The van der Waals surface area contributed by atoms with Crippen LogP contribution in [-0.4, -0.2) is 51.8 Å². The molecule has 28 heavy (non-hydrogen) atoms. The first-order valence-corrected chi connectivity index (χ1v) is 9.28. The minimum Gasteiger partial charge on any atom is -0.451 e. The van der Waals surface area contributed by atoms with E-state index < -0.39 is 0 Å². The Morgan fingerprint density at radius 2 is 1.57 bits per heavy atom. The van der Waals surface area contributed by atoms with Gasteiger partial charge < -0.3 is 18.8 Å². The molecule has 0 saturated carbocycles. The summed E-state index contributed by atoms with van der Waals surface area (Å²) in [5.74, 6) is 1.94. The predicted octanol–water partition coefficient (Wildman–Crippen LogP) is 2.98. The molecule has 0 radical (unpaired) electrons. The van der Waals surface area contributed by atoms with Crippen molar-refractivity contribution in [1.29, 1.82) is 0 Å². The minimum atomic E-state index is -0.0649. The molecule has 7 heteroatoms. The van der Waals surface area contributed by atoms with Crippen molar-refractivity contribution in [1.82, 2.24) is 19.7 Å². The van der Waals surface area contributed by atoms with E-state index in [-0.39, 0.29) is 5.91 Å². The molecule has 4 aromatic rings. The van der Waals surface area contributed by atoms with Crippen molar-refractivity contribution in [3.8, 4) is 5.82 Å². The molecular weight excluding hydrogens is 354 g/mol. The maximum Gasteiger partial charge on any atom is 0.289 e. The average molecular weight is 373 g/mol. The molecule has 0 N–H and O–H groups in total. The number of anilines is 1. The number of hydrogen-bond donors (Lipinski definition) is 0. The number of hydrogen-bond acceptors (Lipinski definition) is 5. The number of benzene rings is 1. The van der Waals surface area contributed by atoms with Gasteiger partial charge in [0.25, 0.3) is 5.91 Å². The summed E-state index contributed by atoms with van der Waals surface area (Å²) in [6, 6.07) is 17.3. The van der Waals surface area contributed by atoms with Crippen LogP contribution in [0.2, 0.25) is 0 Å². The molecule has 1 aliphatic rings. The Morgan fingerprint density at radius 1 is 0.857 bits per heavy atom. The summed E-state index contributed by atoms with van der Waals surface area (Å²) in [5.41, 5.74) is 0.738. The van der Waals surface area contributed by atoms with Gasteiger partial charge in [-0.2, -0.15) is 0 Å². The summed E-state index contributed by atoms with van der Waals surface area (Å²) >= 11 is 0. The van der Waals surface area contributed by atoms with Crippen LogP contribution in [0.15, 0.2) is 71.4 Å². The van der Waals surface area contributed by atoms with Gasteiger partial charge >= 0.3 is 0 Å². The molecule has 140 valence electrons. The van der Waals surface area contributed by atoms with Gasteiger partial charge in [-0.25, -0.2) is 0 Å². The molecule has 1 fully saturated rings. The lowest BCUT2D eigenvalue weighted by Crippen LogP contribution is -2.49. The number of rotatable bonds is 3. The lowest BCUT2D eigenvalue weighted by molar-refractivity contribution is 0.0717. The summed E-state index contributed by atoms with van der Waals surface area (Å²) in [7, 11) is 0. The number of para-hydroxylation sites is 1. The first kappa shape index (κ1) is 16.6. The van der Waals surface area contributed by atoms with E-state index in [1.54, 1.807) is 0 Å². The van der Waals surface area contributed by atoms with E-state index in [9.17, 15) is 4.79 Å². The highest BCUT2D eigenvalue weighted by Gasteiger charge is 2.25. The number of furan rings is 1. The second-order valence-corrected chi connectivity index (χ2v) is 6.77. The largest absolute Gasteiger partial charge is 0.451 e. The van der Waals surface area contributed by atoms with Crippen LogP contribution in [0.5, 0.6) is 0 Å². The average Bonchev–Trinajstić information content (AvgIpc) is 3.43. The zero-order valence-corrected chi connectivity index (χ0v) is 15.2. The van der Waals surface area contributed by atoms with Crippen molar-refractivity contribution in [2.75, 3.05) is 31.1 Å². The third kappa shape index (κ3) is 3.00. The fourth-order valence-corrected chi connectivity index (χ4v) is 3.49. The number of piperazine rings is 1. The number of nitrogens with zero attached hydrogens (tertiary/aromatic N) is 5. The molecule has 0 unspecified atom stereocenters. The minimum absolute atomic E-state index is 0.0649. The van der Waals surface area contributed by atoms with Gasteiger partial charge in [0.15, 0.2) is 17.4 Å². The molecular formula is C21H19N5O2.